The predicted molar refractivity (Wildman–Crippen MR) is 109 cm³/mol. The summed E-state index contributed by atoms with van der Waals surface area (Å²) in [5, 5.41) is 8.10. The zero-order chi connectivity index (χ0) is 23.1. The Bertz CT molecular complexity index is 1070. The Labute approximate surface area is 187 Å². The van der Waals surface area contributed by atoms with Crippen molar-refractivity contribution < 1.29 is 32.1 Å². The molecule has 0 bridgehead atoms. The quantitative estimate of drug-likeness (QED) is 0.414. The van der Waals surface area contributed by atoms with Crippen LogP contribution in [0.1, 0.15) is 23.8 Å². The molecule has 172 valence electrons. The van der Waals surface area contributed by atoms with Gasteiger partial charge in [0.25, 0.3) is 0 Å². The van der Waals surface area contributed by atoms with Crippen molar-refractivity contribution in [3.8, 4) is 11.6 Å². The fourth-order valence-electron chi connectivity index (χ4n) is 2.92. The van der Waals surface area contributed by atoms with Crippen LogP contribution >= 0.6 is 0 Å². The molecule has 11 heteroatoms. The maximum atomic E-state index is 12.2. The first-order valence-corrected chi connectivity index (χ1v) is 9.99. The largest absolute Gasteiger partial charge is 0.573 e. The monoisotopic (exact) mass is 460 g/mol. The third kappa shape index (κ3) is 6.70. The van der Waals surface area contributed by atoms with Crippen molar-refractivity contribution in [3.05, 3.63) is 72.2 Å². The van der Waals surface area contributed by atoms with Crippen LogP contribution in [0.25, 0.3) is 0 Å². The van der Waals surface area contributed by atoms with E-state index in [0.29, 0.717) is 36.0 Å². The lowest BCUT2D eigenvalue weighted by molar-refractivity contribution is -0.274. The molecule has 4 rings (SSSR count). The van der Waals surface area contributed by atoms with Crippen molar-refractivity contribution in [1.29, 1.82) is 0 Å². The molecule has 1 aliphatic heterocycles. The van der Waals surface area contributed by atoms with Crippen LogP contribution < -0.4 is 9.47 Å². The second-order valence-electron chi connectivity index (χ2n) is 6.91. The molecular weight excluding hydrogens is 441 g/mol. The first kappa shape index (κ1) is 22.6. The molecule has 0 radical (unpaired) electrons. The van der Waals surface area contributed by atoms with Crippen LogP contribution in [0.4, 0.5) is 24.5 Å². The highest BCUT2D eigenvalue weighted by molar-refractivity contribution is 5.43. The molecule has 0 amide bonds. The van der Waals surface area contributed by atoms with Crippen LogP contribution in [-0.4, -0.2) is 29.5 Å². The Morgan fingerprint density at radius 2 is 1.58 bits per heavy atom. The van der Waals surface area contributed by atoms with Gasteiger partial charge in [0.05, 0.1) is 30.2 Å². The molecule has 1 saturated heterocycles. The number of rotatable bonds is 7. The maximum absolute atomic E-state index is 12.2. The summed E-state index contributed by atoms with van der Waals surface area (Å²) in [4.78, 5) is 8.20. The van der Waals surface area contributed by atoms with Gasteiger partial charge in [0, 0.05) is 6.20 Å². The van der Waals surface area contributed by atoms with Gasteiger partial charge in [-0.05, 0) is 48.4 Å². The summed E-state index contributed by atoms with van der Waals surface area (Å²) < 4.78 is 57.5. The molecule has 2 aromatic carbocycles. The second kappa shape index (κ2) is 10.4. The Balaban J connectivity index is 1.34. The van der Waals surface area contributed by atoms with Gasteiger partial charge in [-0.3, -0.25) is 0 Å². The van der Waals surface area contributed by atoms with Crippen molar-refractivity contribution in [2.45, 2.75) is 25.7 Å². The van der Waals surface area contributed by atoms with E-state index in [9.17, 15) is 13.2 Å². The summed E-state index contributed by atoms with van der Waals surface area (Å²) >= 11 is 0. The van der Waals surface area contributed by atoms with Crippen molar-refractivity contribution in [3.63, 3.8) is 0 Å². The Kier molecular flexibility index (Phi) is 7.10. The molecule has 0 aliphatic carbocycles. The minimum atomic E-state index is -4.74. The van der Waals surface area contributed by atoms with Crippen molar-refractivity contribution >= 4 is 11.4 Å². The summed E-state index contributed by atoms with van der Waals surface area (Å²) in [7, 11) is 0. The normalized spacial score (nSPS) is 15.0. The van der Waals surface area contributed by atoms with Crippen molar-refractivity contribution in [2.75, 3.05) is 13.2 Å². The molecule has 0 spiro atoms. The van der Waals surface area contributed by atoms with Crippen LogP contribution in [0, 0.1) is 0 Å². The third-order valence-corrected chi connectivity index (χ3v) is 4.45. The molecular formula is C22H19F3N4O4. The molecule has 8 nitrogen and oxygen atoms in total. The summed E-state index contributed by atoms with van der Waals surface area (Å²) in [5.74, 6) is 0.0675. The van der Waals surface area contributed by atoms with Crippen molar-refractivity contribution in [1.82, 2.24) is 9.97 Å². The molecule has 3 aromatic rings. The molecule has 1 aromatic heterocycles. The van der Waals surface area contributed by atoms with Crippen LogP contribution in [0.3, 0.4) is 0 Å². The molecule has 33 heavy (non-hydrogen) atoms. The van der Waals surface area contributed by atoms with Gasteiger partial charge in [-0.2, -0.15) is 10.2 Å². The SMILES string of the molecule is FC(F)(F)Oc1ccc(N=Nc2ccc(COc3ncncc3C3OCCCO3)cc2)cc1. The number of halogens is 3. The number of ether oxygens (including phenoxy) is 4. The molecule has 1 fully saturated rings. The maximum Gasteiger partial charge on any atom is 0.573 e. The van der Waals surface area contributed by atoms with E-state index < -0.39 is 12.7 Å². The lowest BCUT2D eigenvalue weighted by Crippen LogP contribution is -2.19. The van der Waals surface area contributed by atoms with Gasteiger partial charge in [-0.1, -0.05) is 12.1 Å². The minimum absolute atomic E-state index is 0.259. The average molecular weight is 460 g/mol. The number of hydrogen-bond acceptors (Lipinski definition) is 8. The number of azo groups is 1. The van der Waals surface area contributed by atoms with E-state index in [1.165, 1.54) is 30.6 Å². The fourth-order valence-corrected chi connectivity index (χ4v) is 2.92. The lowest BCUT2D eigenvalue weighted by atomic mass is 10.2. The van der Waals surface area contributed by atoms with E-state index in [2.05, 4.69) is 24.9 Å². The van der Waals surface area contributed by atoms with Gasteiger partial charge in [-0.25, -0.2) is 9.97 Å². The van der Waals surface area contributed by atoms with Gasteiger partial charge < -0.3 is 18.9 Å². The molecule has 2 heterocycles. The van der Waals surface area contributed by atoms with E-state index in [-0.39, 0.29) is 12.4 Å². The second-order valence-corrected chi connectivity index (χ2v) is 6.91. The van der Waals surface area contributed by atoms with Gasteiger partial charge in [0.15, 0.2) is 6.29 Å². The molecule has 0 unspecified atom stereocenters. The summed E-state index contributed by atoms with van der Waals surface area (Å²) in [6, 6.07) is 12.2. The van der Waals surface area contributed by atoms with Gasteiger partial charge >= 0.3 is 6.36 Å². The smallest absolute Gasteiger partial charge is 0.472 e. The summed E-state index contributed by atoms with van der Waals surface area (Å²) in [6.45, 7) is 1.45. The highest BCUT2D eigenvalue weighted by atomic mass is 19.4. The van der Waals surface area contributed by atoms with Crippen LogP contribution in [0.2, 0.25) is 0 Å². The van der Waals surface area contributed by atoms with Crippen molar-refractivity contribution in [2.24, 2.45) is 10.2 Å². The highest BCUT2D eigenvalue weighted by Crippen LogP contribution is 2.29. The van der Waals surface area contributed by atoms with Gasteiger partial charge in [0.2, 0.25) is 5.88 Å². The minimum Gasteiger partial charge on any atom is -0.472 e. The van der Waals surface area contributed by atoms with Crippen LogP contribution in [-0.2, 0) is 16.1 Å². The first-order chi connectivity index (χ1) is 16.0. The molecule has 0 saturated carbocycles. The fraction of sp³-hybridized carbons (Fsp3) is 0.273. The first-order valence-electron chi connectivity index (χ1n) is 9.99. The van der Waals surface area contributed by atoms with E-state index >= 15 is 0 Å². The topological polar surface area (TPSA) is 87.4 Å². The number of aromatic nitrogens is 2. The standard InChI is InChI=1S/C22H19F3N4O4/c23-22(24,25)33-18-8-6-17(7-9-18)29-28-16-4-2-15(3-5-16)13-32-20-19(12-26-14-27-20)21-30-10-1-11-31-21/h2-9,12,14,21H,1,10-11,13H2. The number of nitrogens with zero attached hydrogens (tertiary/aromatic N) is 4. The zero-order valence-corrected chi connectivity index (χ0v) is 17.2. The summed E-state index contributed by atoms with van der Waals surface area (Å²) in [6.07, 6.45) is -1.44. The van der Waals surface area contributed by atoms with E-state index in [0.717, 1.165) is 12.0 Å². The van der Waals surface area contributed by atoms with Crippen LogP contribution in [0.5, 0.6) is 11.6 Å². The van der Waals surface area contributed by atoms with E-state index in [1.807, 2.05) is 12.1 Å². The number of hydrogen-bond donors (Lipinski definition) is 0. The lowest BCUT2D eigenvalue weighted by Gasteiger charge is -2.24. The Morgan fingerprint density at radius 1 is 0.939 bits per heavy atom. The average Bonchev–Trinajstić information content (AvgIpc) is 2.83. The number of alkyl halides is 3. The Hall–Kier alpha value is -3.57. The van der Waals surface area contributed by atoms with E-state index in [1.54, 1.807) is 18.3 Å². The molecule has 0 N–H and O–H groups in total. The predicted octanol–water partition coefficient (Wildman–Crippen LogP) is 5.81. The van der Waals surface area contributed by atoms with Crippen LogP contribution in [0.15, 0.2) is 71.3 Å². The number of benzene rings is 2. The zero-order valence-electron chi connectivity index (χ0n) is 17.2. The Morgan fingerprint density at radius 3 is 2.21 bits per heavy atom. The summed E-state index contributed by atoms with van der Waals surface area (Å²) in [5.41, 5.74) is 2.47. The van der Waals surface area contributed by atoms with Gasteiger partial charge in [0.1, 0.15) is 18.7 Å². The molecule has 1 aliphatic rings. The third-order valence-electron chi connectivity index (χ3n) is 4.45. The van der Waals surface area contributed by atoms with E-state index in [4.69, 9.17) is 14.2 Å². The molecule has 0 atom stereocenters. The van der Waals surface area contributed by atoms with Gasteiger partial charge in [-0.15, -0.1) is 13.2 Å². The highest BCUT2D eigenvalue weighted by Gasteiger charge is 2.31.